The molecule has 3 atom stereocenters. The number of hydrogen-bond donors (Lipinski definition) is 2. The third-order valence-electron chi connectivity index (χ3n) is 5.42. The minimum Gasteiger partial charge on any atom is -0.345 e. The van der Waals surface area contributed by atoms with Crippen molar-refractivity contribution in [3.05, 3.63) is 0 Å². The van der Waals surface area contributed by atoms with E-state index in [9.17, 15) is 19.2 Å². The molecule has 0 spiro atoms. The molecule has 2 amide bonds. The Bertz CT molecular complexity index is 498. The van der Waals surface area contributed by atoms with Crippen LogP contribution in [-0.4, -0.2) is 61.0 Å². The van der Waals surface area contributed by atoms with E-state index in [0.717, 1.165) is 38.3 Å². The summed E-state index contributed by atoms with van der Waals surface area (Å²) in [6.07, 6.45) is 10.1. The molecule has 0 aliphatic carbocycles. The second-order valence-electron chi connectivity index (χ2n) is 7.73. The van der Waals surface area contributed by atoms with E-state index in [2.05, 4.69) is 17.6 Å². The maximum atomic E-state index is 12.7. The summed E-state index contributed by atoms with van der Waals surface area (Å²) >= 11 is 0. The zero-order valence-electron chi connectivity index (χ0n) is 17.5. The van der Waals surface area contributed by atoms with Crippen molar-refractivity contribution in [2.24, 2.45) is 5.92 Å². The van der Waals surface area contributed by atoms with Crippen LogP contribution in [0.25, 0.3) is 0 Å². The van der Waals surface area contributed by atoms with Crippen LogP contribution in [0.3, 0.4) is 0 Å². The van der Waals surface area contributed by atoms with Crippen molar-refractivity contribution in [3.63, 3.8) is 0 Å². The largest absolute Gasteiger partial charge is 0.345 e. The van der Waals surface area contributed by atoms with Crippen LogP contribution in [0.4, 0.5) is 0 Å². The fraction of sp³-hybridized carbons (Fsp3) is 0.810. The summed E-state index contributed by atoms with van der Waals surface area (Å²) in [5.41, 5.74) is 0. The summed E-state index contributed by atoms with van der Waals surface area (Å²) in [6, 6.07) is -1.03. The minimum absolute atomic E-state index is 0.0821. The lowest BCUT2D eigenvalue weighted by Crippen LogP contribution is -2.52. The SMILES string of the molecule is CCCCCCCC(C)[C@H](C=O)NC(=O)[C@@H]1CCCN1C(=O)CNCCC=O. The van der Waals surface area contributed by atoms with Gasteiger partial charge in [0.25, 0.3) is 0 Å². The Hall–Kier alpha value is -1.76. The van der Waals surface area contributed by atoms with Crippen LogP contribution in [0.1, 0.15) is 71.6 Å². The lowest BCUT2D eigenvalue weighted by Gasteiger charge is -2.27. The molecule has 1 rings (SSSR count). The Morgan fingerprint density at radius 1 is 1.18 bits per heavy atom. The number of nitrogens with one attached hydrogen (secondary N) is 2. The lowest BCUT2D eigenvalue weighted by molar-refractivity contribution is -0.138. The van der Waals surface area contributed by atoms with Gasteiger partial charge in [0, 0.05) is 19.5 Å². The molecule has 1 saturated heterocycles. The number of carbonyl (C=O) groups is 4. The van der Waals surface area contributed by atoms with Crippen molar-refractivity contribution >= 4 is 24.4 Å². The van der Waals surface area contributed by atoms with Crippen LogP contribution in [0.15, 0.2) is 0 Å². The molecular weight excluding hydrogens is 358 g/mol. The molecule has 28 heavy (non-hydrogen) atoms. The molecule has 7 heteroatoms. The summed E-state index contributed by atoms with van der Waals surface area (Å²) in [5, 5.41) is 5.77. The Morgan fingerprint density at radius 3 is 2.61 bits per heavy atom. The molecule has 1 fully saturated rings. The number of likely N-dealkylation sites (tertiary alicyclic amines) is 1. The number of rotatable bonds is 15. The third-order valence-corrected chi connectivity index (χ3v) is 5.42. The van der Waals surface area contributed by atoms with E-state index in [-0.39, 0.29) is 24.3 Å². The van der Waals surface area contributed by atoms with Gasteiger partial charge in [0.2, 0.25) is 11.8 Å². The van der Waals surface area contributed by atoms with Gasteiger partial charge in [0.05, 0.1) is 12.6 Å². The first-order chi connectivity index (χ1) is 13.5. The van der Waals surface area contributed by atoms with Crippen LogP contribution in [0.2, 0.25) is 0 Å². The molecule has 7 nitrogen and oxygen atoms in total. The van der Waals surface area contributed by atoms with E-state index in [0.29, 0.717) is 25.9 Å². The summed E-state index contributed by atoms with van der Waals surface area (Å²) in [5.74, 6) is -0.303. The molecule has 1 heterocycles. The molecule has 0 saturated carbocycles. The first-order valence-corrected chi connectivity index (χ1v) is 10.7. The predicted molar refractivity (Wildman–Crippen MR) is 109 cm³/mol. The van der Waals surface area contributed by atoms with Gasteiger partial charge in [0.15, 0.2) is 0 Å². The Kier molecular flexibility index (Phi) is 12.4. The van der Waals surface area contributed by atoms with Crippen LogP contribution in [0.5, 0.6) is 0 Å². The van der Waals surface area contributed by atoms with E-state index in [4.69, 9.17) is 0 Å². The molecule has 2 N–H and O–H groups in total. The normalized spacial score (nSPS) is 18.5. The maximum Gasteiger partial charge on any atom is 0.243 e. The Balaban J connectivity index is 2.47. The quantitative estimate of drug-likeness (QED) is 0.326. The number of hydrogen-bond acceptors (Lipinski definition) is 5. The fourth-order valence-electron chi connectivity index (χ4n) is 3.62. The van der Waals surface area contributed by atoms with Crippen LogP contribution in [-0.2, 0) is 19.2 Å². The van der Waals surface area contributed by atoms with Crippen molar-refractivity contribution in [1.82, 2.24) is 15.5 Å². The highest BCUT2D eigenvalue weighted by Gasteiger charge is 2.35. The fourth-order valence-corrected chi connectivity index (χ4v) is 3.62. The van der Waals surface area contributed by atoms with E-state index in [1.54, 1.807) is 4.90 Å². The van der Waals surface area contributed by atoms with E-state index < -0.39 is 12.1 Å². The Morgan fingerprint density at radius 2 is 1.93 bits per heavy atom. The number of amides is 2. The molecule has 0 bridgehead atoms. The monoisotopic (exact) mass is 395 g/mol. The number of aldehydes is 2. The minimum atomic E-state index is -0.514. The molecule has 0 aromatic carbocycles. The van der Waals surface area contributed by atoms with Gasteiger partial charge in [-0.3, -0.25) is 9.59 Å². The van der Waals surface area contributed by atoms with Crippen molar-refractivity contribution in [1.29, 1.82) is 0 Å². The lowest BCUT2D eigenvalue weighted by atomic mass is 9.95. The summed E-state index contributed by atoms with van der Waals surface area (Å²) < 4.78 is 0. The van der Waals surface area contributed by atoms with Crippen LogP contribution >= 0.6 is 0 Å². The second kappa shape index (κ2) is 14.3. The molecule has 0 radical (unpaired) electrons. The molecule has 1 aliphatic rings. The molecular formula is C21H37N3O4. The summed E-state index contributed by atoms with van der Waals surface area (Å²) in [4.78, 5) is 48.5. The number of carbonyl (C=O) groups excluding carboxylic acids is 4. The Labute approximate surface area is 169 Å². The van der Waals surface area contributed by atoms with Gasteiger partial charge < -0.3 is 25.1 Å². The van der Waals surface area contributed by atoms with Crippen LogP contribution in [0, 0.1) is 5.92 Å². The summed E-state index contributed by atoms with van der Waals surface area (Å²) in [7, 11) is 0. The molecule has 1 aliphatic heterocycles. The first kappa shape index (κ1) is 24.3. The van der Waals surface area contributed by atoms with E-state index in [1.807, 2.05) is 6.92 Å². The smallest absolute Gasteiger partial charge is 0.243 e. The molecule has 0 aromatic heterocycles. The second-order valence-corrected chi connectivity index (χ2v) is 7.73. The van der Waals surface area contributed by atoms with Gasteiger partial charge in [-0.15, -0.1) is 0 Å². The van der Waals surface area contributed by atoms with Gasteiger partial charge in [-0.1, -0.05) is 46.0 Å². The maximum absolute atomic E-state index is 12.7. The molecule has 160 valence electrons. The van der Waals surface area contributed by atoms with Crippen molar-refractivity contribution in [2.45, 2.75) is 83.7 Å². The van der Waals surface area contributed by atoms with Crippen molar-refractivity contribution in [3.8, 4) is 0 Å². The van der Waals surface area contributed by atoms with Gasteiger partial charge in [-0.05, 0) is 25.2 Å². The summed E-state index contributed by atoms with van der Waals surface area (Å²) in [6.45, 7) is 5.28. The zero-order chi connectivity index (χ0) is 20.8. The van der Waals surface area contributed by atoms with Crippen molar-refractivity contribution in [2.75, 3.05) is 19.6 Å². The number of unbranched alkanes of at least 4 members (excludes halogenated alkanes) is 4. The standard InChI is InChI=1S/C21H37N3O4/c1-3-4-5-6-7-10-17(2)18(16-26)23-21(28)19-11-8-13-24(19)20(27)15-22-12-9-14-25/h14,16-19,22H,3-13,15H2,1-2H3,(H,23,28)/t17?,18-,19-/m0/s1. The van der Waals surface area contributed by atoms with Gasteiger partial charge in [-0.2, -0.15) is 0 Å². The van der Waals surface area contributed by atoms with E-state index >= 15 is 0 Å². The average Bonchev–Trinajstić information content (AvgIpc) is 3.19. The predicted octanol–water partition coefficient (Wildman–Crippen LogP) is 1.84. The van der Waals surface area contributed by atoms with Crippen molar-refractivity contribution < 1.29 is 19.2 Å². The van der Waals surface area contributed by atoms with Crippen LogP contribution < -0.4 is 10.6 Å². The third kappa shape index (κ3) is 8.50. The highest BCUT2D eigenvalue weighted by atomic mass is 16.2. The van der Waals surface area contributed by atoms with E-state index in [1.165, 1.54) is 19.3 Å². The van der Waals surface area contributed by atoms with Gasteiger partial charge >= 0.3 is 0 Å². The highest BCUT2D eigenvalue weighted by molar-refractivity contribution is 5.90. The molecule has 0 aromatic rings. The number of nitrogens with zero attached hydrogens (tertiary/aromatic N) is 1. The topological polar surface area (TPSA) is 95.6 Å². The average molecular weight is 396 g/mol. The van der Waals surface area contributed by atoms with Gasteiger partial charge in [-0.25, -0.2) is 0 Å². The molecule has 1 unspecified atom stereocenters. The zero-order valence-corrected chi connectivity index (χ0v) is 17.5. The highest BCUT2D eigenvalue weighted by Crippen LogP contribution is 2.19. The van der Waals surface area contributed by atoms with Gasteiger partial charge in [0.1, 0.15) is 18.6 Å². The first-order valence-electron chi connectivity index (χ1n) is 10.7.